The lowest BCUT2D eigenvalue weighted by Gasteiger charge is -2.33. The summed E-state index contributed by atoms with van der Waals surface area (Å²) in [6.45, 7) is 7.04. The number of nitrogens with zero attached hydrogens (tertiary/aromatic N) is 1. The highest BCUT2D eigenvalue weighted by Crippen LogP contribution is 2.34. The third kappa shape index (κ3) is 2.46. The molecule has 98 valence electrons. The Hall–Kier alpha value is -0.830. The lowest BCUT2D eigenvalue weighted by Crippen LogP contribution is -2.39. The molecule has 3 heteroatoms. The Balaban J connectivity index is 2.42. The maximum Gasteiger partial charge on any atom is 0.229 e. The molecule has 1 aromatic carbocycles. The second-order valence-corrected chi connectivity index (χ2v) is 6.05. The van der Waals surface area contributed by atoms with Gasteiger partial charge in [-0.3, -0.25) is 4.79 Å². The maximum atomic E-state index is 12.4. The number of carbonyl (C=O) groups is 1. The molecule has 1 heterocycles. The number of anilines is 1. The Bertz CT molecular complexity index is 470. The standard InChI is InChI=1S/C15H20BrNO/c1-4-10(2)15(18)17-7-5-6-12-9-13(16)8-11(3)14(12)17/h8-10H,4-7H2,1-3H3. The van der Waals surface area contributed by atoms with E-state index in [1.54, 1.807) is 0 Å². The highest BCUT2D eigenvalue weighted by molar-refractivity contribution is 9.10. The SMILES string of the molecule is CCC(C)C(=O)N1CCCc2cc(Br)cc(C)c21. The highest BCUT2D eigenvalue weighted by atomic mass is 79.9. The molecular weight excluding hydrogens is 290 g/mol. The van der Waals surface area contributed by atoms with Crippen LogP contribution in [0.4, 0.5) is 5.69 Å². The Kier molecular flexibility index (Phi) is 4.10. The van der Waals surface area contributed by atoms with Crippen molar-refractivity contribution in [1.29, 1.82) is 0 Å². The number of halogens is 1. The first kappa shape index (κ1) is 13.6. The Labute approximate surface area is 117 Å². The number of fused-ring (bicyclic) bond motifs is 1. The molecule has 1 aromatic rings. The van der Waals surface area contributed by atoms with Crippen LogP contribution in [0.25, 0.3) is 0 Å². The molecule has 2 rings (SSSR count). The molecule has 18 heavy (non-hydrogen) atoms. The van der Waals surface area contributed by atoms with Gasteiger partial charge in [-0.15, -0.1) is 0 Å². The van der Waals surface area contributed by atoms with E-state index in [2.05, 4.69) is 41.9 Å². The fraction of sp³-hybridized carbons (Fsp3) is 0.533. The largest absolute Gasteiger partial charge is 0.312 e. The molecule has 0 saturated heterocycles. The van der Waals surface area contributed by atoms with Crippen LogP contribution in [-0.4, -0.2) is 12.5 Å². The number of hydrogen-bond donors (Lipinski definition) is 0. The van der Waals surface area contributed by atoms with Crippen LogP contribution in [0.2, 0.25) is 0 Å². The summed E-state index contributed by atoms with van der Waals surface area (Å²) >= 11 is 3.54. The van der Waals surface area contributed by atoms with Gasteiger partial charge in [-0.25, -0.2) is 0 Å². The molecule has 1 aliphatic rings. The zero-order valence-electron chi connectivity index (χ0n) is 11.3. The molecular formula is C15H20BrNO. The van der Waals surface area contributed by atoms with Crippen LogP contribution in [0.15, 0.2) is 16.6 Å². The first-order valence-electron chi connectivity index (χ1n) is 6.65. The van der Waals surface area contributed by atoms with E-state index in [1.807, 2.05) is 11.8 Å². The Morgan fingerprint density at radius 2 is 2.22 bits per heavy atom. The molecule has 1 atom stereocenters. The Morgan fingerprint density at radius 1 is 1.50 bits per heavy atom. The van der Waals surface area contributed by atoms with E-state index < -0.39 is 0 Å². The monoisotopic (exact) mass is 309 g/mol. The molecule has 0 radical (unpaired) electrons. The highest BCUT2D eigenvalue weighted by Gasteiger charge is 2.26. The van der Waals surface area contributed by atoms with E-state index >= 15 is 0 Å². The molecule has 1 amide bonds. The van der Waals surface area contributed by atoms with Gasteiger partial charge in [0.15, 0.2) is 0 Å². The van der Waals surface area contributed by atoms with E-state index in [-0.39, 0.29) is 11.8 Å². The molecule has 0 saturated carbocycles. The number of hydrogen-bond acceptors (Lipinski definition) is 1. The number of aryl methyl sites for hydroxylation is 2. The zero-order chi connectivity index (χ0) is 13.3. The molecule has 0 bridgehead atoms. The molecule has 0 aliphatic carbocycles. The van der Waals surface area contributed by atoms with Crippen molar-refractivity contribution in [3.8, 4) is 0 Å². The van der Waals surface area contributed by atoms with E-state index in [9.17, 15) is 4.79 Å². The van der Waals surface area contributed by atoms with Crippen LogP contribution in [0.5, 0.6) is 0 Å². The summed E-state index contributed by atoms with van der Waals surface area (Å²) in [5.74, 6) is 0.378. The fourth-order valence-electron chi connectivity index (χ4n) is 2.58. The number of rotatable bonds is 2. The van der Waals surface area contributed by atoms with Gasteiger partial charge in [0.2, 0.25) is 5.91 Å². The van der Waals surface area contributed by atoms with Gasteiger partial charge >= 0.3 is 0 Å². The van der Waals surface area contributed by atoms with Crippen molar-refractivity contribution in [3.05, 3.63) is 27.7 Å². The molecule has 1 unspecified atom stereocenters. The van der Waals surface area contributed by atoms with Gasteiger partial charge in [-0.05, 0) is 49.4 Å². The first-order chi connectivity index (χ1) is 8.54. The molecule has 0 aromatic heterocycles. The predicted octanol–water partition coefficient (Wildman–Crippen LogP) is 4.08. The fourth-order valence-corrected chi connectivity index (χ4v) is 3.20. The van der Waals surface area contributed by atoms with Crippen molar-refractivity contribution < 1.29 is 4.79 Å². The third-order valence-corrected chi connectivity index (χ3v) is 4.20. The molecule has 0 fully saturated rings. The maximum absolute atomic E-state index is 12.4. The van der Waals surface area contributed by atoms with Crippen LogP contribution < -0.4 is 4.90 Å². The van der Waals surface area contributed by atoms with Gasteiger partial charge in [0.25, 0.3) is 0 Å². The minimum Gasteiger partial charge on any atom is -0.312 e. The number of amides is 1. The predicted molar refractivity (Wildman–Crippen MR) is 79.0 cm³/mol. The van der Waals surface area contributed by atoms with Gasteiger partial charge in [0.1, 0.15) is 0 Å². The molecule has 0 N–H and O–H groups in total. The zero-order valence-corrected chi connectivity index (χ0v) is 12.9. The summed E-state index contributed by atoms with van der Waals surface area (Å²) in [5.41, 5.74) is 3.63. The second-order valence-electron chi connectivity index (χ2n) is 5.13. The van der Waals surface area contributed by atoms with Crippen LogP contribution in [-0.2, 0) is 11.2 Å². The van der Waals surface area contributed by atoms with Crippen molar-refractivity contribution in [2.24, 2.45) is 5.92 Å². The third-order valence-electron chi connectivity index (χ3n) is 3.74. The lowest BCUT2D eigenvalue weighted by atomic mass is 9.96. The molecule has 0 spiro atoms. The van der Waals surface area contributed by atoms with Crippen molar-refractivity contribution >= 4 is 27.5 Å². The summed E-state index contributed by atoms with van der Waals surface area (Å²) in [7, 11) is 0. The van der Waals surface area contributed by atoms with Gasteiger partial charge in [-0.1, -0.05) is 29.8 Å². The van der Waals surface area contributed by atoms with Crippen LogP contribution in [0.3, 0.4) is 0 Å². The van der Waals surface area contributed by atoms with Gasteiger partial charge in [-0.2, -0.15) is 0 Å². The summed E-state index contributed by atoms with van der Waals surface area (Å²) in [6, 6.07) is 4.25. The normalized spacial score (nSPS) is 16.3. The van der Waals surface area contributed by atoms with Crippen molar-refractivity contribution in [2.75, 3.05) is 11.4 Å². The quantitative estimate of drug-likeness (QED) is 0.806. The van der Waals surface area contributed by atoms with E-state index in [1.165, 1.54) is 11.1 Å². The minimum absolute atomic E-state index is 0.110. The van der Waals surface area contributed by atoms with Crippen LogP contribution >= 0.6 is 15.9 Å². The number of carbonyl (C=O) groups excluding carboxylic acids is 1. The summed E-state index contributed by atoms with van der Waals surface area (Å²) in [6.07, 6.45) is 3.03. The number of benzene rings is 1. The lowest BCUT2D eigenvalue weighted by molar-refractivity contribution is -0.122. The first-order valence-corrected chi connectivity index (χ1v) is 7.44. The Morgan fingerprint density at radius 3 is 2.89 bits per heavy atom. The van der Waals surface area contributed by atoms with E-state index in [0.29, 0.717) is 0 Å². The average Bonchev–Trinajstić information content (AvgIpc) is 2.35. The van der Waals surface area contributed by atoms with Crippen LogP contribution in [0.1, 0.15) is 37.8 Å². The second kappa shape index (κ2) is 5.43. The van der Waals surface area contributed by atoms with Crippen LogP contribution in [0, 0.1) is 12.8 Å². The van der Waals surface area contributed by atoms with Crippen molar-refractivity contribution in [3.63, 3.8) is 0 Å². The average molecular weight is 310 g/mol. The topological polar surface area (TPSA) is 20.3 Å². The smallest absolute Gasteiger partial charge is 0.229 e. The van der Waals surface area contributed by atoms with Gasteiger partial charge < -0.3 is 4.90 Å². The molecule has 1 aliphatic heterocycles. The van der Waals surface area contributed by atoms with Crippen molar-refractivity contribution in [2.45, 2.75) is 40.0 Å². The van der Waals surface area contributed by atoms with E-state index in [4.69, 9.17) is 0 Å². The molecule has 2 nitrogen and oxygen atoms in total. The van der Waals surface area contributed by atoms with Crippen molar-refractivity contribution in [1.82, 2.24) is 0 Å². The van der Waals surface area contributed by atoms with Gasteiger partial charge in [0, 0.05) is 22.6 Å². The summed E-state index contributed by atoms with van der Waals surface area (Å²) in [4.78, 5) is 14.4. The summed E-state index contributed by atoms with van der Waals surface area (Å²) in [5, 5.41) is 0. The summed E-state index contributed by atoms with van der Waals surface area (Å²) < 4.78 is 1.11. The minimum atomic E-state index is 0.110. The van der Waals surface area contributed by atoms with Gasteiger partial charge in [0.05, 0.1) is 0 Å². The van der Waals surface area contributed by atoms with E-state index in [0.717, 1.165) is 36.0 Å².